The molecule has 0 fully saturated rings. The third kappa shape index (κ3) is 2.69. The standard InChI is InChI=1S/C8H12ClN5O/c1-11-5(15)3-14(2)8-6(10)7(9)12-4-13-8/h4H,3,10H2,1-2H3,(H,11,15). The second-order valence-electron chi connectivity index (χ2n) is 2.93. The van der Waals surface area contributed by atoms with E-state index < -0.39 is 0 Å². The molecular formula is C8H12ClN5O. The smallest absolute Gasteiger partial charge is 0.239 e. The fourth-order valence-corrected chi connectivity index (χ4v) is 1.17. The van der Waals surface area contributed by atoms with E-state index in [0.717, 1.165) is 0 Å². The highest BCUT2D eigenvalue weighted by atomic mass is 35.5. The minimum Gasteiger partial charge on any atom is -0.393 e. The maximum Gasteiger partial charge on any atom is 0.239 e. The van der Waals surface area contributed by atoms with E-state index in [1.807, 2.05) is 0 Å². The quantitative estimate of drug-likeness (QED) is 0.707. The molecule has 0 aromatic carbocycles. The van der Waals surface area contributed by atoms with Crippen LogP contribution in [-0.4, -0.2) is 36.5 Å². The number of nitrogens with zero attached hydrogens (tertiary/aromatic N) is 3. The van der Waals surface area contributed by atoms with Crippen LogP contribution >= 0.6 is 11.6 Å². The lowest BCUT2D eigenvalue weighted by Gasteiger charge is -2.18. The van der Waals surface area contributed by atoms with E-state index in [2.05, 4.69) is 15.3 Å². The molecule has 1 aromatic rings. The molecule has 0 atom stereocenters. The average Bonchev–Trinajstić information content (AvgIpc) is 2.21. The number of nitrogens with one attached hydrogen (secondary N) is 1. The number of aromatic nitrogens is 2. The Balaban J connectivity index is 2.86. The minimum atomic E-state index is -0.133. The number of hydrogen-bond acceptors (Lipinski definition) is 5. The van der Waals surface area contributed by atoms with Crippen LogP contribution in [-0.2, 0) is 4.79 Å². The van der Waals surface area contributed by atoms with E-state index in [4.69, 9.17) is 17.3 Å². The summed E-state index contributed by atoms with van der Waals surface area (Å²) >= 11 is 5.72. The molecule has 15 heavy (non-hydrogen) atoms. The zero-order chi connectivity index (χ0) is 11.4. The molecule has 1 heterocycles. The summed E-state index contributed by atoms with van der Waals surface area (Å²) in [7, 11) is 3.26. The Kier molecular flexibility index (Phi) is 3.68. The van der Waals surface area contributed by atoms with E-state index in [9.17, 15) is 4.79 Å². The first-order chi connectivity index (χ1) is 7.06. The zero-order valence-corrected chi connectivity index (χ0v) is 9.25. The number of amides is 1. The summed E-state index contributed by atoms with van der Waals surface area (Å²) < 4.78 is 0. The molecule has 1 amide bonds. The van der Waals surface area contributed by atoms with E-state index in [1.165, 1.54) is 6.33 Å². The molecule has 0 radical (unpaired) electrons. The second-order valence-corrected chi connectivity index (χ2v) is 3.29. The van der Waals surface area contributed by atoms with Gasteiger partial charge in [-0.05, 0) is 0 Å². The van der Waals surface area contributed by atoms with Crippen molar-refractivity contribution in [2.45, 2.75) is 0 Å². The van der Waals surface area contributed by atoms with Crippen molar-refractivity contribution in [2.75, 3.05) is 31.3 Å². The molecule has 0 bridgehead atoms. The third-order valence-corrected chi connectivity index (χ3v) is 2.14. The van der Waals surface area contributed by atoms with Crippen LogP contribution < -0.4 is 16.0 Å². The molecule has 7 heteroatoms. The summed E-state index contributed by atoms with van der Waals surface area (Å²) in [5.41, 5.74) is 5.94. The number of rotatable bonds is 3. The number of hydrogen-bond donors (Lipinski definition) is 2. The highest BCUT2D eigenvalue weighted by Gasteiger charge is 2.12. The van der Waals surface area contributed by atoms with Gasteiger partial charge in [0.2, 0.25) is 5.91 Å². The van der Waals surface area contributed by atoms with Crippen molar-refractivity contribution in [3.63, 3.8) is 0 Å². The molecule has 82 valence electrons. The first kappa shape index (κ1) is 11.5. The highest BCUT2D eigenvalue weighted by molar-refractivity contribution is 6.32. The number of nitrogen functional groups attached to an aromatic ring is 1. The lowest BCUT2D eigenvalue weighted by atomic mass is 10.4. The number of nitrogens with two attached hydrogens (primary N) is 1. The summed E-state index contributed by atoms with van der Waals surface area (Å²) in [5, 5.41) is 2.69. The third-order valence-electron chi connectivity index (χ3n) is 1.84. The number of halogens is 1. The van der Waals surface area contributed by atoms with Crippen LogP contribution in [0.25, 0.3) is 0 Å². The van der Waals surface area contributed by atoms with Gasteiger partial charge in [-0.1, -0.05) is 11.6 Å². The number of likely N-dealkylation sites (N-methyl/N-ethyl adjacent to an activating group) is 2. The minimum absolute atomic E-state index is 0.133. The van der Waals surface area contributed by atoms with Gasteiger partial charge >= 0.3 is 0 Å². The van der Waals surface area contributed by atoms with Crippen LogP contribution in [0.2, 0.25) is 5.15 Å². The van der Waals surface area contributed by atoms with Crippen LogP contribution in [0, 0.1) is 0 Å². The van der Waals surface area contributed by atoms with Gasteiger partial charge in [0.15, 0.2) is 11.0 Å². The van der Waals surface area contributed by atoms with E-state index in [-0.39, 0.29) is 23.3 Å². The Bertz CT molecular complexity index is 370. The molecule has 6 nitrogen and oxygen atoms in total. The number of carbonyl (C=O) groups excluding carboxylic acids is 1. The van der Waals surface area contributed by atoms with E-state index in [0.29, 0.717) is 5.82 Å². The molecule has 0 spiro atoms. The fourth-order valence-electron chi connectivity index (χ4n) is 1.04. The molecule has 0 aliphatic rings. The Morgan fingerprint density at radius 3 is 2.93 bits per heavy atom. The summed E-state index contributed by atoms with van der Waals surface area (Å²) in [6, 6.07) is 0. The Morgan fingerprint density at radius 2 is 2.33 bits per heavy atom. The molecule has 0 unspecified atom stereocenters. The van der Waals surface area contributed by atoms with Gasteiger partial charge in [-0.25, -0.2) is 9.97 Å². The van der Waals surface area contributed by atoms with E-state index >= 15 is 0 Å². The molecule has 0 aliphatic carbocycles. The fraction of sp³-hybridized carbons (Fsp3) is 0.375. The maximum absolute atomic E-state index is 11.1. The van der Waals surface area contributed by atoms with Crippen molar-refractivity contribution in [1.82, 2.24) is 15.3 Å². The molecule has 1 aromatic heterocycles. The highest BCUT2D eigenvalue weighted by Crippen LogP contribution is 2.24. The van der Waals surface area contributed by atoms with Gasteiger partial charge in [0.05, 0.1) is 6.54 Å². The normalized spacial score (nSPS) is 9.80. The lowest BCUT2D eigenvalue weighted by Crippen LogP contribution is -2.33. The van der Waals surface area contributed by atoms with Gasteiger partial charge in [0, 0.05) is 14.1 Å². The molecule has 0 saturated carbocycles. The summed E-state index contributed by atoms with van der Waals surface area (Å²) in [4.78, 5) is 20.4. The summed E-state index contributed by atoms with van der Waals surface area (Å²) in [6.45, 7) is 0.161. The van der Waals surface area contributed by atoms with Crippen molar-refractivity contribution in [1.29, 1.82) is 0 Å². The predicted octanol–water partition coefficient (Wildman–Crippen LogP) is -0.106. The first-order valence-corrected chi connectivity index (χ1v) is 4.61. The topological polar surface area (TPSA) is 84.1 Å². The van der Waals surface area contributed by atoms with Crippen LogP contribution in [0.4, 0.5) is 11.5 Å². The van der Waals surface area contributed by atoms with Crippen LogP contribution in [0.15, 0.2) is 6.33 Å². The Morgan fingerprint density at radius 1 is 1.67 bits per heavy atom. The number of anilines is 2. The zero-order valence-electron chi connectivity index (χ0n) is 8.49. The molecule has 0 saturated heterocycles. The summed E-state index contributed by atoms with van der Waals surface area (Å²) in [6.07, 6.45) is 1.30. The Hall–Kier alpha value is -1.56. The van der Waals surface area contributed by atoms with Crippen molar-refractivity contribution >= 4 is 29.0 Å². The average molecular weight is 230 g/mol. The van der Waals surface area contributed by atoms with Gasteiger partial charge in [-0.3, -0.25) is 4.79 Å². The molecular weight excluding hydrogens is 218 g/mol. The Labute approximate surface area is 92.4 Å². The van der Waals surface area contributed by atoms with Crippen molar-refractivity contribution in [2.24, 2.45) is 0 Å². The predicted molar refractivity (Wildman–Crippen MR) is 58.8 cm³/mol. The number of carbonyl (C=O) groups is 1. The molecule has 1 rings (SSSR count). The summed E-state index contributed by atoms with van der Waals surface area (Å²) in [5.74, 6) is 0.310. The van der Waals surface area contributed by atoms with Crippen molar-refractivity contribution < 1.29 is 4.79 Å². The second kappa shape index (κ2) is 4.79. The van der Waals surface area contributed by atoms with Gasteiger partial charge in [0.25, 0.3) is 0 Å². The van der Waals surface area contributed by atoms with Crippen LogP contribution in [0.5, 0.6) is 0 Å². The largest absolute Gasteiger partial charge is 0.393 e. The molecule has 0 aliphatic heterocycles. The van der Waals surface area contributed by atoms with Crippen LogP contribution in [0.3, 0.4) is 0 Å². The van der Waals surface area contributed by atoms with Gasteiger partial charge in [0.1, 0.15) is 12.0 Å². The van der Waals surface area contributed by atoms with Gasteiger partial charge in [-0.15, -0.1) is 0 Å². The van der Waals surface area contributed by atoms with E-state index in [1.54, 1.807) is 19.0 Å². The first-order valence-electron chi connectivity index (χ1n) is 4.24. The van der Waals surface area contributed by atoms with Crippen LogP contribution in [0.1, 0.15) is 0 Å². The van der Waals surface area contributed by atoms with Gasteiger partial charge < -0.3 is 16.0 Å². The monoisotopic (exact) mass is 229 g/mol. The lowest BCUT2D eigenvalue weighted by molar-refractivity contribution is -0.119. The van der Waals surface area contributed by atoms with Crippen molar-refractivity contribution in [3.8, 4) is 0 Å². The molecule has 3 N–H and O–H groups in total. The SMILES string of the molecule is CNC(=O)CN(C)c1ncnc(Cl)c1N. The van der Waals surface area contributed by atoms with Gasteiger partial charge in [-0.2, -0.15) is 0 Å². The van der Waals surface area contributed by atoms with Crippen molar-refractivity contribution in [3.05, 3.63) is 11.5 Å². The maximum atomic E-state index is 11.1.